The lowest BCUT2D eigenvalue weighted by Gasteiger charge is -2.40. The van der Waals surface area contributed by atoms with Crippen LogP contribution in [0.25, 0.3) is 5.69 Å². The van der Waals surface area contributed by atoms with Gasteiger partial charge in [0.15, 0.2) is 0 Å². The van der Waals surface area contributed by atoms with Crippen molar-refractivity contribution in [2.24, 2.45) is 5.92 Å². The van der Waals surface area contributed by atoms with Gasteiger partial charge in [0.25, 0.3) is 11.7 Å². The fraction of sp³-hybridized carbons (Fsp3) is 0.375. The first kappa shape index (κ1) is 24.2. The number of aromatic nitrogens is 4. The maximum atomic E-state index is 13.8. The van der Waals surface area contributed by atoms with Crippen LogP contribution in [0.5, 0.6) is 0 Å². The van der Waals surface area contributed by atoms with Crippen molar-refractivity contribution in [2.75, 3.05) is 18.4 Å². The van der Waals surface area contributed by atoms with E-state index in [-0.39, 0.29) is 29.1 Å². The summed E-state index contributed by atoms with van der Waals surface area (Å²) in [5.74, 6) is -0.762. The van der Waals surface area contributed by atoms with Crippen molar-refractivity contribution in [1.29, 1.82) is 5.26 Å². The Labute approximate surface area is 200 Å². The van der Waals surface area contributed by atoms with Gasteiger partial charge in [-0.1, -0.05) is 18.6 Å². The Hall–Kier alpha value is -3.94. The van der Waals surface area contributed by atoms with Gasteiger partial charge >= 0.3 is 6.18 Å². The van der Waals surface area contributed by atoms with Crippen LogP contribution in [0.4, 0.5) is 19.0 Å². The first-order valence-electron chi connectivity index (χ1n) is 11.2. The largest absolute Gasteiger partial charge is 0.453 e. The maximum absolute atomic E-state index is 13.8. The second-order valence-corrected chi connectivity index (χ2v) is 8.64. The van der Waals surface area contributed by atoms with Crippen LogP contribution in [0.3, 0.4) is 0 Å². The molecular formula is C24H24F3N7O. The SMILES string of the molecule is Cc1ccc(-n2cnc(C(F)(F)F)n2)c(C(=O)N2CCC[C@@H](C)C2CNc2ccc(C#N)cn2)c1. The van der Waals surface area contributed by atoms with Gasteiger partial charge in [-0.2, -0.15) is 18.4 Å². The lowest BCUT2D eigenvalue weighted by atomic mass is 9.89. The Morgan fingerprint density at radius 2 is 2.06 bits per heavy atom. The summed E-state index contributed by atoms with van der Waals surface area (Å²) in [6, 6.07) is 10.2. The number of hydrogen-bond acceptors (Lipinski definition) is 6. The van der Waals surface area contributed by atoms with Crippen molar-refractivity contribution in [3.63, 3.8) is 0 Å². The molecule has 8 nitrogen and oxygen atoms in total. The van der Waals surface area contributed by atoms with Gasteiger partial charge in [-0.05, 0) is 49.9 Å². The number of amides is 1. The Morgan fingerprint density at radius 3 is 2.71 bits per heavy atom. The molecule has 1 aliphatic rings. The predicted octanol–water partition coefficient (Wildman–Crippen LogP) is 4.21. The van der Waals surface area contributed by atoms with Gasteiger partial charge in [-0.3, -0.25) is 4.79 Å². The van der Waals surface area contributed by atoms with Crippen LogP contribution < -0.4 is 5.32 Å². The highest BCUT2D eigenvalue weighted by molar-refractivity contribution is 5.98. The van der Waals surface area contributed by atoms with Gasteiger partial charge in [0.05, 0.1) is 22.9 Å². The highest BCUT2D eigenvalue weighted by Gasteiger charge is 2.37. The third-order valence-corrected chi connectivity index (χ3v) is 6.14. The lowest BCUT2D eigenvalue weighted by Crippen LogP contribution is -2.51. The van der Waals surface area contributed by atoms with E-state index in [4.69, 9.17) is 5.26 Å². The monoisotopic (exact) mass is 483 g/mol. The molecule has 35 heavy (non-hydrogen) atoms. The number of piperidine rings is 1. The number of alkyl halides is 3. The minimum absolute atomic E-state index is 0.163. The molecule has 11 heteroatoms. The molecule has 0 spiro atoms. The number of nitrogens with zero attached hydrogens (tertiary/aromatic N) is 6. The Balaban J connectivity index is 1.61. The van der Waals surface area contributed by atoms with Crippen LogP contribution in [0.2, 0.25) is 0 Å². The van der Waals surface area contributed by atoms with Crippen molar-refractivity contribution in [3.05, 3.63) is 65.4 Å². The molecule has 1 aromatic carbocycles. The van der Waals surface area contributed by atoms with Crippen molar-refractivity contribution >= 4 is 11.7 Å². The van der Waals surface area contributed by atoms with Gasteiger partial charge in [0.1, 0.15) is 18.2 Å². The van der Waals surface area contributed by atoms with E-state index >= 15 is 0 Å². The number of aryl methyl sites for hydroxylation is 1. The number of anilines is 1. The highest BCUT2D eigenvalue weighted by Crippen LogP contribution is 2.29. The number of nitriles is 1. The fourth-order valence-corrected chi connectivity index (χ4v) is 4.27. The molecule has 1 unspecified atom stereocenters. The number of rotatable bonds is 5. The minimum atomic E-state index is -4.68. The lowest BCUT2D eigenvalue weighted by molar-refractivity contribution is -0.144. The van der Waals surface area contributed by atoms with Gasteiger partial charge in [0.2, 0.25) is 0 Å². The number of hydrogen-bond donors (Lipinski definition) is 1. The fourth-order valence-electron chi connectivity index (χ4n) is 4.27. The molecule has 0 radical (unpaired) electrons. The second kappa shape index (κ2) is 9.74. The van der Waals surface area contributed by atoms with Crippen LogP contribution in [0.15, 0.2) is 42.9 Å². The number of nitrogens with one attached hydrogen (secondary N) is 1. The minimum Gasteiger partial charge on any atom is -0.368 e. The molecule has 182 valence electrons. The smallest absolute Gasteiger partial charge is 0.368 e. The molecular weight excluding hydrogens is 459 g/mol. The molecule has 2 atom stereocenters. The normalized spacial score (nSPS) is 18.2. The first-order valence-corrected chi connectivity index (χ1v) is 11.2. The summed E-state index contributed by atoms with van der Waals surface area (Å²) < 4.78 is 40.1. The van der Waals surface area contributed by atoms with E-state index in [1.165, 1.54) is 6.20 Å². The first-order chi connectivity index (χ1) is 16.7. The van der Waals surface area contributed by atoms with Gasteiger partial charge in [-0.25, -0.2) is 14.6 Å². The predicted molar refractivity (Wildman–Crippen MR) is 122 cm³/mol. The molecule has 1 amide bonds. The van der Waals surface area contributed by atoms with Gasteiger partial charge in [-0.15, -0.1) is 5.10 Å². The van der Waals surface area contributed by atoms with E-state index in [1.807, 2.05) is 13.0 Å². The number of carbonyl (C=O) groups excluding carboxylic acids is 1. The van der Waals surface area contributed by atoms with Crippen molar-refractivity contribution in [3.8, 4) is 11.8 Å². The van der Waals surface area contributed by atoms with E-state index in [9.17, 15) is 18.0 Å². The van der Waals surface area contributed by atoms with Crippen LogP contribution in [-0.2, 0) is 6.18 Å². The molecule has 0 saturated carbocycles. The van der Waals surface area contributed by atoms with E-state index in [0.717, 1.165) is 29.4 Å². The summed E-state index contributed by atoms with van der Waals surface area (Å²) in [7, 11) is 0. The molecule has 2 aromatic heterocycles. The summed E-state index contributed by atoms with van der Waals surface area (Å²) in [5, 5.41) is 15.7. The summed E-state index contributed by atoms with van der Waals surface area (Å²) in [5.41, 5.74) is 1.75. The van der Waals surface area contributed by atoms with Crippen molar-refractivity contribution in [1.82, 2.24) is 24.6 Å². The van der Waals surface area contributed by atoms with E-state index in [2.05, 4.69) is 27.3 Å². The van der Waals surface area contributed by atoms with Crippen LogP contribution in [0, 0.1) is 24.2 Å². The van der Waals surface area contributed by atoms with E-state index in [0.29, 0.717) is 24.5 Å². The zero-order valence-corrected chi connectivity index (χ0v) is 19.3. The topological polar surface area (TPSA) is 99.7 Å². The highest BCUT2D eigenvalue weighted by atomic mass is 19.4. The maximum Gasteiger partial charge on any atom is 0.453 e. The van der Waals surface area contributed by atoms with Crippen LogP contribution >= 0.6 is 0 Å². The number of halogens is 3. The summed E-state index contributed by atoms with van der Waals surface area (Å²) >= 11 is 0. The molecule has 3 heterocycles. The molecule has 1 fully saturated rings. The van der Waals surface area contributed by atoms with Crippen molar-refractivity contribution < 1.29 is 18.0 Å². The van der Waals surface area contributed by atoms with Crippen LogP contribution in [-0.4, -0.2) is 49.7 Å². The number of benzene rings is 1. The summed E-state index contributed by atoms with van der Waals surface area (Å²) in [4.78, 5) is 23.1. The zero-order valence-electron chi connectivity index (χ0n) is 19.3. The van der Waals surface area contributed by atoms with E-state index in [1.54, 1.807) is 35.2 Å². The molecule has 1 N–H and O–H groups in total. The summed E-state index contributed by atoms with van der Waals surface area (Å²) in [6.07, 6.45) is -0.476. The molecule has 0 bridgehead atoms. The molecule has 1 saturated heterocycles. The Kier molecular flexibility index (Phi) is 6.73. The second-order valence-electron chi connectivity index (χ2n) is 8.64. The number of carbonyl (C=O) groups is 1. The molecule has 4 rings (SSSR count). The Bertz CT molecular complexity index is 1250. The van der Waals surface area contributed by atoms with Crippen molar-refractivity contribution in [2.45, 2.75) is 38.9 Å². The average molecular weight is 483 g/mol. The van der Waals surface area contributed by atoms with Gasteiger partial charge < -0.3 is 10.2 Å². The third-order valence-electron chi connectivity index (χ3n) is 6.14. The molecule has 1 aliphatic heterocycles. The number of likely N-dealkylation sites (tertiary alicyclic amines) is 1. The zero-order chi connectivity index (χ0) is 25.2. The number of pyridine rings is 1. The van der Waals surface area contributed by atoms with E-state index < -0.39 is 12.0 Å². The standard InChI is InChI=1S/C24H24F3N7O/c1-15-5-7-19(34-14-31-23(32-34)24(25,26)27)18(10-15)22(35)33-9-3-4-16(2)20(33)13-30-21-8-6-17(11-28)12-29-21/h5-8,10,12,14,16,20H,3-4,9,13H2,1-2H3,(H,29,30)/t16-,20?/m1/s1. The van der Waals surface area contributed by atoms with Crippen LogP contribution in [0.1, 0.15) is 47.1 Å². The molecule has 3 aromatic rings. The van der Waals surface area contributed by atoms with Gasteiger partial charge in [0, 0.05) is 19.3 Å². The quantitative estimate of drug-likeness (QED) is 0.584. The Morgan fingerprint density at radius 1 is 1.26 bits per heavy atom. The third kappa shape index (κ3) is 5.26. The average Bonchev–Trinajstić information content (AvgIpc) is 3.34. The molecule has 0 aliphatic carbocycles. The summed E-state index contributed by atoms with van der Waals surface area (Å²) in [6.45, 7) is 4.85.